The summed E-state index contributed by atoms with van der Waals surface area (Å²) in [6, 6.07) is 0. The Morgan fingerprint density at radius 3 is 1.46 bits per heavy atom. The van der Waals surface area contributed by atoms with Gasteiger partial charge in [0.15, 0.2) is 0 Å². The summed E-state index contributed by atoms with van der Waals surface area (Å²) in [7, 11) is -9.38. The van der Waals surface area contributed by atoms with Crippen LogP contribution in [0.25, 0.3) is 0 Å². The molecule has 72 valence electrons. The summed E-state index contributed by atoms with van der Waals surface area (Å²) < 4.78 is 59.3. The van der Waals surface area contributed by atoms with Crippen molar-refractivity contribution in [3.8, 4) is 0 Å². The molecule has 0 aliphatic carbocycles. The molecule has 0 amide bonds. The van der Waals surface area contributed by atoms with E-state index in [1.807, 2.05) is 0 Å². The Bertz CT molecular complexity index is 377. The van der Waals surface area contributed by atoms with E-state index in [-0.39, 0.29) is 0 Å². The zero-order chi connectivity index (χ0) is 9.74. The van der Waals surface area contributed by atoms with Gasteiger partial charge in [0.2, 0.25) is 5.59 Å². The first kappa shape index (κ1) is 9.43. The Hall–Kier alpha value is -0.130. The molecule has 2 rings (SSSR count). The van der Waals surface area contributed by atoms with E-state index in [1.54, 1.807) is 0 Å². The fourth-order valence-electron chi connectivity index (χ4n) is 0.896. The van der Waals surface area contributed by atoms with Crippen LogP contribution in [0.3, 0.4) is 0 Å². The van der Waals surface area contributed by atoms with E-state index in [1.165, 1.54) is 0 Å². The highest BCUT2D eigenvalue weighted by Crippen LogP contribution is 2.30. The fraction of sp³-hybridized carbons (Fsp3) is 1.00. The number of hydrogen-bond donors (Lipinski definition) is 0. The Kier molecular flexibility index (Phi) is 1.78. The number of hydrogen-bond acceptors (Lipinski definition) is 8. The van der Waals surface area contributed by atoms with Gasteiger partial charge in [-0.3, -0.25) is 0 Å². The predicted molar refractivity (Wildman–Crippen MR) is 39.2 cm³/mol. The van der Waals surface area contributed by atoms with Crippen LogP contribution in [-0.2, 0) is 37.4 Å². The van der Waals surface area contributed by atoms with Crippen molar-refractivity contribution in [2.75, 3.05) is 0 Å². The third-order valence-electron chi connectivity index (χ3n) is 1.35. The summed E-state index contributed by atoms with van der Waals surface area (Å²) in [4.78, 5) is 0. The molecule has 0 radical (unpaired) electrons. The molecule has 8 nitrogen and oxygen atoms in total. The van der Waals surface area contributed by atoms with Crippen LogP contribution < -0.4 is 0 Å². The molecule has 0 bridgehead atoms. The molecule has 13 heavy (non-hydrogen) atoms. The monoisotopic (exact) mass is 228 g/mol. The molecule has 2 heterocycles. The van der Waals surface area contributed by atoms with Gasteiger partial charge in [-0.05, 0) is 0 Å². The van der Waals surface area contributed by atoms with Crippen LogP contribution >= 0.6 is 0 Å². The maximum Gasteiger partial charge on any atom is 0.387 e. The SMILES string of the molecule is O=S1(=O)OBC2(BOS(=O)(=O)O2)O1. The topological polar surface area (TPSA) is 105 Å². The van der Waals surface area contributed by atoms with Crippen LogP contribution in [0.1, 0.15) is 0 Å². The van der Waals surface area contributed by atoms with Crippen LogP contribution in [-0.4, -0.2) is 37.4 Å². The van der Waals surface area contributed by atoms with E-state index in [0.717, 1.165) is 0 Å². The lowest BCUT2D eigenvalue weighted by molar-refractivity contribution is 0.0571. The third kappa shape index (κ3) is 1.73. The van der Waals surface area contributed by atoms with Crippen molar-refractivity contribution < 1.29 is 33.4 Å². The fourth-order valence-corrected chi connectivity index (χ4v) is 2.69. The molecule has 2 aliphatic rings. The molecule has 0 unspecified atom stereocenters. The maximum atomic E-state index is 10.6. The van der Waals surface area contributed by atoms with Crippen LogP contribution in [0.4, 0.5) is 0 Å². The lowest BCUT2D eigenvalue weighted by Gasteiger charge is -2.09. The highest BCUT2D eigenvalue weighted by Gasteiger charge is 2.57. The second-order valence-corrected chi connectivity index (χ2v) is 4.86. The average Bonchev–Trinajstić information content (AvgIpc) is 2.37. The van der Waals surface area contributed by atoms with Gasteiger partial charge in [-0.15, -0.1) is 0 Å². The summed E-state index contributed by atoms with van der Waals surface area (Å²) in [5.41, 5.74) is -1.86. The number of rotatable bonds is 0. The van der Waals surface area contributed by atoms with E-state index in [9.17, 15) is 16.8 Å². The van der Waals surface area contributed by atoms with Gasteiger partial charge in [-0.2, -0.15) is 16.8 Å². The summed E-state index contributed by atoms with van der Waals surface area (Å²) in [5, 5.41) is 0. The molecule has 0 aromatic rings. The van der Waals surface area contributed by atoms with Crippen molar-refractivity contribution in [2.45, 2.75) is 5.59 Å². The summed E-state index contributed by atoms with van der Waals surface area (Å²) in [6.07, 6.45) is 0. The quantitative estimate of drug-likeness (QED) is 0.401. The van der Waals surface area contributed by atoms with E-state index in [2.05, 4.69) is 16.6 Å². The molecular formula is CH2B2O8S2. The molecule has 0 aromatic heterocycles. The van der Waals surface area contributed by atoms with Gasteiger partial charge in [-0.25, -0.2) is 8.37 Å². The highest BCUT2D eigenvalue weighted by atomic mass is 32.3. The maximum absolute atomic E-state index is 10.6. The Morgan fingerprint density at radius 1 is 0.846 bits per heavy atom. The van der Waals surface area contributed by atoms with Crippen molar-refractivity contribution in [3.05, 3.63) is 0 Å². The molecule has 0 saturated carbocycles. The summed E-state index contributed by atoms with van der Waals surface area (Å²) in [5.74, 6) is 0. The first-order valence-corrected chi connectivity index (χ1v) is 5.69. The molecule has 2 fully saturated rings. The normalized spacial score (nSPS) is 32.6. The van der Waals surface area contributed by atoms with Gasteiger partial charge in [-0.1, -0.05) is 0 Å². The molecule has 2 aliphatic heterocycles. The van der Waals surface area contributed by atoms with E-state index in [4.69, 9.17) is 0 Å². The van der Waals surface area contributed by atoms with Crippen LogP contribution in [0.2, 0.25) is 0 Å². The minimum Gasteiger partial charge on any atom is -0.311 e. The van der Waals surface area contributed by atoms with Crippen molar-refractivity contribution in [1.29, 1.82) is 0 Å². The zero-order valence-corrected chi connectivity index (χ0v) is 7.63. The highest BCUT2D eigenvalue weighted by molar-refractivity contribution is 7.84. The molecule has 12 heteroatoms. The van der Waals surface area contributed by atoms with Crippen molar-refractivity contribution in [3.63, 3.8) is 0 Å². The zero-order valence-electron chi connectivity index (χ0n) is 6.00. The minimum absolute atomic E-state index is 0.533. The van der Waals surface area contributed by atoms with Gasteiger partial charge in [0, 0.05) is 0 Å². The Balaban J connectivity index is 2.29. The largest absolute Gasteiger partial charge is 0.387 e. The molecule has 2 saturated heterocycles. The lowest BCUT2D eigenvalue weighted by atomic mass is 9.67. The first-order chi connectivity index (χ1) is 5.83. The third-order valence-corrected chi connectivity index (χ3v) is 3.18. The van der Waals surface area contributed by atoms with Gasteiger partial charge in [0.25, 0.3) is 0 Å². The van der Waals surface area contributed by atoms with Crippen LogP contribution in [0, 0.1) is 0 Å². The van der Waals surface area contributed by atoms with Crippen LogP contribution in [0.15, 0.2) is 0 Å². The van der Waals surface area contributed by atoms with Crippen molar-refractivity contribution in [1.82, 2.24) is 0 Å². The standard InChI is InChI=1S/CH2B2O8S2/c4-12(5)8-1(2-10-12)3-11-13(6,7)9-1/h2-3H. The van der Waals surface area contributed by atoms with Gasteiger partial charge in [0.1, 0.15) is 0 Å². The van der Waals surface area contributed by atoms with E-state index < -0.39 is 41.3 Å². The minimum atomic E-state index is -4.16. The smallest absolute Gasteiger partial charge is 0.311 e. The second kappa shape index (κ2) is 2.46. The van der Waals surface area contributed by atoms with Crippen molar-refractivity contribution in [2.24, 2.45) is 0 Å². The second-order valence-electron chi connectivity index (χ2n) is 2.42. The Labute approximate surface area is 75.3 Å². The lowest BCUT2D eigenvalue weighted by Crippen LogP contribution is -2.39. The molecule has 0 atom stereocenters. The van der Waals surface area contributed by atoms with Crippen molar-refractivity contribution >= 4 is 35.8 Å². The molecule has 1 spiro atoms. The summed E-state index contributed by atoms with van der Waals surface area (Å²) in [6.45, 7) is 0. The first-order valence-electron chi connectivity index (χ1n) is 3.03. The van der Waals surface area contributed by atoms with E-state index in [0.29, 0.717) is 0 Å². The Morgan fingerprint density at radius 2 is 1.23 bits per heavy atom. The molecular weight excluding hydrogens is 226 g/mol. The summed E-state index contributed by atoms with van der Waals surface area (Å²) >= 11 is 0. The van der Waals surface area contributed by atoms with Gasteiger partial charge < -0.3 is 8.20 Å². The van der Waals surface area contributed by atoms with Gasteiger partial charge in [0.05, 0.1) is 0 Å². The van der Waals surface area contributed by atoms with Gasteiger partial charge >= 0.3 is 35.8 Å². The van der Waals surface area contributed by atoms with Crippen LogP contribution in [0.5, 0.6) is 0 Å². The predicted octanol–water partition coefficient (Wildman–Crippen LogP) is -3.12. The molecule has 0 aromatic carbocycles. The average molecular weight is 228 g/mol. The van der Waals surface area contributed by atoms with E-state index >= 15 is 0 Å². The molecule has 0 N–H and O–H groups in total.